The molecule has 5 atom stereocenters. The number of ether oxygens (including phenoxy) is 3. The van der Waals surface area contributed by atoms with E-state index in [9.17, 15) is 34.0 Å². The summed E-state index contributed by atoms with van der Waals surface area (Å²) in [4.78, 5) is 96.2. The van der Waals surface area contributed by atoms with Gasteiger partial charge in [-0.05, 0) is 101 Å². The average molecular weight is 1050 g/mol. The van der Waals surface area contributed by atoms with Crippen molar-refractivity contribution in [1.82, 2.24) is 41.5 Å². The van der Waals surface area contributed by atoms with Crippen LogP contribution in [0.3, 0.4) is 0 Å². The molecule has 0 aliphatic carbocycles. The summed E-state index contributed by atoms with van der Waals surface area (Å²) >= 11 is 0. The number of amides is 6. The molecule has 0 spiro atoms. The molecule has 0 radical (unpaired) electrons. The molecule has 0 saturated heterocycles. The van der Waals surface area contributed by atoms with Crippen molar-refractivity contribution in [2.24, 2.45) is 17.2 Å². The number of carbonyl (C=O) groups excluding carboxylic acids is 6. The Morgan fingerprint density at radius 1 is 0.816 bits per heavy atom. The Labute approximate surface area is 444 Å². The van der Waals surface area contributed by atoms with E-state index in [0.717, 1.165) is 16.0 Å². The van der Waals surface area contributed by atoms with Crippen LogP contribution in [0.25, 0.3) is 22.5 Å². The van der Waals surface area contributed by atoms with Crippen LogP contribution in [0.2, 0.25) is 0 Å². The molecule has 6 amide bonds. The fourth-order valence-electron chi connectivity index (χ4n) is 8.44. The molecule has 3 aromatic carbocycles. The number of benzene rings is 3. The highest BCUT2D eigenvalue weighted by Crippen LogP contribution is 2.40. The first-order valence-corrected chi connectivity index (χ1v) is 25.3. The summed E-state index contributed by atoms with van der Waals surface area (Å²) in [7, 11) is 1.37. The number of rotatable bonds is 19. The van der Waals surface area contributed by atoms with Crippen molar-refractivity contribution in [3.05, 3.63) is 94.3 Å². The minimum absolute atomic E-state index is 0.0260. The van der Waals surface area contributed by atoms with Crippen molar-refractivity contribution in [1.29, 1.82) is 5.26 Å². The van der Waals surface area contributed by atoms with Gasteiger partial charge >= 0.3 is 0 Å². The molecular weight excluding hydrogens is 973 g/mol. The number of nitriles is 1. The normalized spacial score (nSPS) is 16.6. The molecule has 11 N–H and O–H groups in total. The first-order chi connectivity index (χ1) is 35.9. The molecule has 21 nitrogen and oxygen atoms in total. The summed E-state index contributed by atoms with van der Waals surface area (Å²) in [5, 5.41) is 22.7. The van der Waals surface area contributed by atoms with Crippen molar-refractivity contribution >= 4 is 35.4 Å². The summed E-state index contributed by atoms with van der Waals surface area (Å²) in [5.74, 6) is -3.24. The number of nitrogens with two attached hydrogens (primary N) is 3. The topological polar surface area (TPSA) is 321 Å². The number of hydrogen-bond acceptors (Lipinski definition) is 15. The predicted octanol–water partition coefficient (Wildman–Crippen LogP) is 2.53. The lowest BCUT2D eigenvalue weighted by molar-refractivity contribution is -0.143. The van der Waals surface area contributed by atoms with E-state index in [1.807, 2.05) is 30.3 Å². The lowest BCUT2D eigenvalue weighted by Gasteiger charge is -2.33. The van der Waals surface area contributed by atoms with Crippen LogP contribution >= 0.6 is 0 Å². The van der Waals surface area contributed by atoms with Crippen LogP contribution in [-0.2, 0) is 40.5 Å². The molecule has 1 aliphatic heterocycles. The van der Waals surface area contributed by atoms with E-state index >= 15 is 0 Å². The van der Waals surface area contributed by atoms with Crippen molar-refractivity contribution in [2.45, 2.75) is 116 Å². The van der Waals surface area contributed by atoms with Gasteiger partial charge in [0.25, 0.3) is 5.91 Å². The smallest absolute Gasteiger partial charge is 0.255 e. The Morgan fingerprint density at radius 3 is 1.99 bits per heavy atom. The van der Waals surface area contributed by atoms with Gasteiger partial charge in [0.1, 0.15) is 61.5 Å². The van der Waals surface area contributed by atoms with Gasteiger partial charge in [0.05, 0.1) is 35.2 Å². The molecule has 1 aliphatic rings. The Morgan fingerprint density at radius 2 is 1.42 bits per heavy atom. The zero-order valence-corrected chi connectivity index (χ0v) is 45.2. The van der Waals surface area contributed by atoms with Gasteiger partial charge in [0.15, 0.2) is 5.82 Å². The largest absolute Gasteiger partial charge is 0.492 e. The Bertz CT molecular complexity index is 2760. The predicted molar refractivity (Wildman–Crippen MR) is 287 cm³/mol. The number of likely N-dealkylation sites (N-methyl/N-ethyl adjacent to an activating group) is 1. The van der Waals surface area contributed by atoms with Crippen molar-refractivity contribution in [3.63, 3.8) is 0 Å². The second-order valence-electron chi connectivity index (χ2n) is 20.6. The van der Waals surface area contributed by atoms with Crippen LogP contribution in [0, 0.1) is 25.2 Å². The maximum Gasteiger partial charge on any atom is 0.255 e. The summed E-state index contributed by atoms with van der Waals surface area (Å²) in [6, 6.07) is 13.1. The molecule has 408 valence electrons. The highest BCUT2D eigenvalue weighted by Gasteiger charge is 2.37. The number of hydrogen-bond donors (Lipinski definition) is 8. The van der Waals surface area contributed by atoms with Gasteiger partial charge in [-0.2, -0.15) is 5.26 Å². The van der Waals surface area contributed by atoms with Crippen LogP contribution in [-0.4, -0.2) is 133 Å². The number of aryl methyl sites for hydroxylation is 2. The second-order valence-corrected chi connectivity index (χ2v) is 20.6. The van der Waals surface area contributed by atoms with E-state index in [2.05, 4.69) is 57.3 Å². The fourth-order valence-corrected chi connectivity index (χ4v) is 8.44. The van der Waals surface area contributed by atoms with Crippen molar-refractivity contribution in [3.8, 4) is 40.1 Å². The van der Waals surface area contributed by atoms with Gasteiger partial charge in [-0.3, -0.25) is 28.8 Å². The van der Waals surface area contributed by atoms with Crippen molar-refractivity contribution in [2.75, 3.05) is 53.0 Å². The number of nitrogens with one attached hydrogen (secondary N) is 5. The molecular formula is C55H74N12O9. The van der Waals surface area contributed by atoms with Crippen LogP contribution in [0.15, 0.2) is 60.7 Å². The van der Waals surface area contributed by atoms with Crippen molar-refractivity contribution < 1.29 is 43.0 Å². The Hall–Kier alpha value is -7.51. The molecule has 1 aromatic heterocycles. The first-order valence-electron chi connectivity index (χ1n) is 25.3. The highest BCUT2D eigenvalue weighted by molar-refractivity contribution is 6.01. The van der Waals surface area contributed by atoms with E-state index < -0.39 is 71.3 Å². The quantitative estimate of drug-likeness (QED) is 0.0626. The lowest BCUT2D eigenvalue weighted by Crippen LogP contribution is -2.58. The van der Waals surface area contributed by atoms with E-state index in [1.54, 1.807) is 71.0 Å². The lowest BCUT2D eigenvalue weighted by atomic mass is 9.86. The molecule has 0 fully saturated rings. The first kappa shape index (κ1) is 59.4. The average Bonchev–Trinajstić information content (AvgIpc) is 3.36. The van der Waals surface area contributed by atoms with Gasteiger partial charge in [-0.1, -0.05) is 57.2 Å². The molecule has 0 unspecified atom stereocenters. The van der Waals surface area contributed by atoms with E-state index in [-0.39, 0.29) is 75.4 Å². The third-order valence-electron chi connectivity index (χ3n) is 12.4. The molecule has 5 rings (SSSR count). The zero-order valence-electron chi connectivity index (χ0n) is 45.2. The molecule has 0 saturated carbocycles. The molecule has 4 aromatic rings. The molecule has 21 heteroatoms. The minimum Gasteiger partial charge on any atom is -0.492 e. The Kier molecular flexibility index (Phi) is 20.6. The maximum absolute atomic E-state index is 15.0. The zero-order chi connectivity index (χ0) is 56.1. The number of fused-ring (bicyclic) bond motifs is 5. The van der Waals surface area contributed by atoms with Crippen LogP contribution < -0.4 is 53.3 Å². The van der Waals surface area contributed by atoms with Crippen LogP contribution in [0.1, 0.15) is 99.4 Å². The van der Waals surface area contributed by atoms with E-state index in [1.165, 1.54) is 14.0 Å². The second kappa shape index (κ2) is 26.3. The van der Waals surface area contributed by atoms with Gasteiger partial charge < -0.3 is 62.9 Å². The van der Waals surface area contributed by atoms with Gasteiger partial charge in [-0.15, -0.1) is 0 Å². The maximum atomic E-state index is 15.0. The van der Waals surface area contributed by atoms with Gasteiger partial charge in [0, 0.05) is 43.2 Å². The summed E-state index contributed by atoms with van der Waals surface area (Å²) < 4.78 is 18.3. The van der Waals surface area contributed by atoms with E-state index in [0.29, 0.717) is 45.4 Å². The fraction of sp³-hybridized carbons (Fsp3) is 0.473. The number of aromatic nitrogens is 2. The standard InChI is InChI=1S/C55H74N12O9/c1-31-45(32(2)62-47(61-31)35-12-15-37(16-13-35)54(4,5)6)51(71)66-42(30-76-55(7,8)9)50(70)64-40(19-20-56)53(73)67(10)46-36-14-18-44(75-26-23-59)39(29-36)38-27-34(11-17-43(38)74-25-22-58)28-41(49(69)60-24-21-57)65-48(68)33(3)63-52(46)72/h11-18,27,29,33,40-42,46H,19-20,22-26,28,30,56,58-59H2,1-10H3,(H,60,69)(H,63,72)(H,64,70)(H,65,68)(H,66,71)/t33-,40-,41-,42+,46-/m0/s1. The highest BCUT2D eigenvalue weighted by atomic mass is 16.5. The minimum atomic E-state index is -1.48. The van der Waals surface area contributed by atoms with Crippen LogP contribution in [0.5, 0.6) is 11.5 Å². The van der Waals surface area contributed by atoms with Gasteiger partial charge in [0.2, 0.25) is 29.5 Å². The van der Waals surface area contributed by atoms with E-state index in [4.69, 9.17) is 31.4 Å². The summed E-state index contributed by atoms with van der Waals surface area (Å²) in [6.07, 6.45) is -0.129. The monoisotopic (exact) mass is 1050 g/mol. The molecule has 2 heterocycles. The molecule has 76 heavy (non-hydrogen) atoms. The number of nitrogens with zero attached hydrogens (tertiary/aromatic N) is 4. The number of carbonyl (C=O) groups is 6. The third-order valence-corrected chi connectivity index (χ3v) is 12.4. The Balaban J connectivity index is 1.54. The van der Waals surface area contributed by atoms with Gasteiger partial charge in [-0.25, -0.2) is 9.97 Å². The summed E-state index contributed by atoms with van der Waals surface area (Å²) in [5.41, 5.74) is 21.5. The summed E-state index contributed by atoms with van der Waals surface area (Å²) in [6.45, 7) is 16.3. The third kappa shape index (κ3) is 15.5. The molecule has 4 bridgehead atoms. The van der Waals surface area contributed by atoms with Crippen LogP contribution in [0.4, 0.5) is 0 Å². The SMILES string of the molecule is Cc1nc(-c2ccc(C(C)(C)C)cc2)nc(C)c1C(=O)N[C@H](COC(C)(C)C)C(=O)N[C@@H](CCN)C(=O)N(C)[C@@H]1C(=O)N[C@@H](C)C(=O)N[C@H](C(=O)NCC#N)Cc2ccc(OCCN)c(c2)-c2cc1ccc2OCCN.